The predicted molar refractivity (Wildman–Crippen MR) is 87.9 cm³/mol. The second kappa shape index (κ2) is 5.72. The van der Waals surface area contributed by atoms with E-state index in [-0.39, 0.29) is 0 Å². The molecule has 2 N–H and O–H groups in total. The summed E-state index contributed by atoms with van der Waals surface area (Å²) in [4.78, 5) is 0. The number of benzene rings is 2. The van der Waals surface area contributed by atoms with E-state index in [9.17, 15) is 0 Å². The van der Waals surface area contributed by atoms with E-state index in [1.807, 2.05) is 24.3 Å². The lowest BCUT2D eigenvalue weighted by molar-refractivity contribution is 0.404. The minimum Gasteiger partial charge on any atom is -0.496 e. The largest absolute Gasteiger partial charge is 0.496 e. The molecule has 3 aromatic rings. The van der Waals surface area contributed by atoms with Crippen LogP contribution < -0.4 is 10.5 Å². The van der Waals surface area contributed by atoms with Gasteiger partial charge >= 0.3 is 0 Å². The van der Waals surface area contributed by atoms with Crippen molar-refractivity contribution in [1.29, 1.82) is 0 Å². The van der Waals surface area contributed by atoms with E-state index < -0.39 is 6.04 Å². The molecule has 0 aliphatic rings. The second-order valence-electron chi connectivity index (χ2n) is 4.67. The Morgan fingerprint density at radius 1 is 1.24 bits per heavy atom. The van der Waals surface area contributed by atoms with Crippen molar-refractivity contribution < 1.29 is 9.15 Å². The number of methoxy groups -OCH3 is 1. The highest BCUT2D eigenvalue weighted by atomic mass is 79.9. The molecule has 1 unspecified atom stereocenters. The molecule has 3 nitrogen and oxygen atoms in total. The Labute approximate surface area is 135 Å². The average Bonchev–Trinajstić information content (AvgIpc) is 2.92. The number of fused-ring (bicyclic) bond motifs is 1. The number of furan rings is 1. The Morgan fingerprint density at radius 3 is 2.76 bits per heavy atom. The average molecular weight is 367 g/mol. The van der Waals surface area contributed by atoms with E-state index >= 15 is 0 Å². The Hall–Kier alpha value is -1.49. The van der Waals surface area contributed by atoms with Crippen LogP contribution in [0.1, 0.15) is 17.4 Å². The third-order valence-corrected chi connectivity index (χ3v) is 4.21. The normalized spacial score (nSPS) is 12.6. The maximum absolute atomic E-state index is 6.33. The summed E-state index contributed by atoms with van der Waals surface area (Å²) >= 11 is 9.53. The molecule has 1 aromatic heterocycles. The van der Waals surface area contributed by atoms with Gasteiger partial charge in [-0.25, -0.2) is 0 Å². The maximum atomic E-state index is 6.33. The van der Waals surface area contributed by atoms with E-state index in [4.69, 9.17) is 26.5 Å². The van der Waals surface area contributed by atoms with Gasteiger partial charge in [0.05, 0.1) is 17.6 Å². The zero-order valence-corrected chi connectivity index (χ0v) is 13.6. The van der Waals surface area contributed by atoms with Crippen LogP contribution in [0.25, 0.3) is 11.0 Å². The van der Waals surface area contributed by atoms with Crippen LogP contribution in [-0.4, -0.2) is 7.11 Å². The highest BCUT2D eigenvalue weighted by molar-refractivity contribution is 9.10. The van der Waals surface area contributed by atoms with Gasteiger partial charge in [-0.2, -0.15) is 0 Å². The molecule has 0 amide bonds. The first-order valence-electron chi connectivity index (χ1n) is 6.37. The second-order valence-corrected chi connectivity index (χ2v) is 5.96. The highest BCUT2D eigenvalue weighted by Crippen LogP contribution is 2.35. The molecule has 5 heteroatoms. The van der Waals surface area contributed by atoms with Crippen molar-refractivity contribution in [2.45, 2.75) is 6.04 Å². The van der Waals surface area contributed by atoms with Crippen LogP contribution in [0.5, 0.6) is 5.75 Å². The molecule has 0 aliphatic heterocycles. The molecule has 108 valence electrons. The Kier molecular flexibility index (Phi) is 3.93. The highest BCUT2D eigenvalue weighted by Gasteiger charge is 2.19. The smallest absolute Gasteiger partial charge is 0.148 e. The summed E-state index contributed by atoms with van der Waals surface area (Å²) in [5.74, 6) is 1.35. The van der Waals surface area contributed by atoms with Crippen LogP contribution in [0, 0.1) is 0 Å². The SMILES string of the molecule is COc1ccc(Cl)cc1C(N)c1cc2cccc(Br)c2o1. The number of nitrogens with two attached hydrogens (primary N) is 1. The summed E-state index contributed by atoms with van der Waals surface area (Å²) < 4.78 is 12.1. The maximum Gasteiger partial charge on any atom is 0.148 e. The first kappa shape index (κ1) is 14.4. The zero-order valence-electron chi connectivity index (χ0n) is 11.3. The van der Waals surface area contributed by atoms with Crippen LogP contribution in [0.4, 0.5) is 0 Å². The summed E-state index contributed by atoms with van der Waals surface area (Å²) in [6, 6.07) is 12.7. The quantitative estimate of drug-likeness (QED) is 0.717. The summed E-state index contributed by atoms with van der Waals surface area (Å²) in [6.45, 7) is 0. The van der Waals surface area contributed by atoms with Gasteiger partial charge in [0.1, 0.15) is 17.1 Å². The minimum absolute atomic E-state index is 0.446. The number of rotatable bonds is 3. The molecule has 21 heavy (non-hydrogen) atoms. The van der Waals surface area contributed by atoms with Gasteiger partial charge in [-0.1, -0.05) is 23.7 Å². The van der Waals surface area contributed by atoms with E-state index in [1.165, 1.54) is 0 Å². The van der Waals surface area contributed by atoms with E-state index in [0.29, 0.717) is 16.5 Å². The molecule has 0 saturated carbocycles. The number of para-hydroxylation sites is 1. The minimum atomic E-state index is -0.446. The van der Waals surface area contributed by atoms with Crippen molar-refractivity contribution in [1.82, 2.24) is 0 Å². The topological polar surface area (TPSA) is 48.4 Å². The molecule has 0 bridgehead atoms. The molecule has 1 heterocycles. The third kappa shape index (κ3) is 2.67. The van der Waals surface area contributed by atoms with Crippen molar-refractivity contribution in [3.8, 4) is 5.75 Å². The van der Waals surface area contributed by atoms with Gasteiger partial charge in [0.2, 0.25) is 0 Å². The fraction of sp³-hybridized carbons (Fsp3) is 0.125. The lowest BCUT2D eigenvalue weighted by Gasteiger charge is -2.14. The van der Waals surface area contributed by atoms with Crippen LogP contribution in [0.3, 0.4) is 0 Å². The van der Waals surface area contributed by atoms with Crippen molar-refractivity contribution in [2.75, 3.05) is 7.11 Å². The standard InChI is InChI=1S/C16H13BrClNO2/c1-20-13-6-5-10(18)8-11(13)15(19)14-7-9-3-2-4-12(17)16(9)21-14/h2-8,15H,19H2,1H3. The Balaban J connectivity index is 2.10. The first-order valence-corrected chi connectivity index (χ1v) is 7.54. The fourth-order valence-electron chi connectivity index (χ4n) is 2.30. The monoisotopic (exact) mass is 365 g/mol. The van der Waals surface area contributed by atoms with E-state index in [1.54, 1.807) is 25.3 Å². The summed E-state index contributed by atoms with van der Waals surface area (Å²) in [5, 5.41) is 1.61. The zero-order chi connectivity index (χ0) is 15.0. The van der Waals surface area contributed by atoms with Gasteiger partial charge in [-0.15, -0.1) is 0 Å². The predicted octanol–water partition coefficient (Wildman–Crippen LogP) is 4.91. The number of hydrogen-bond donors (Lipinski definition) is 1. The number of hydrogen-bond acceptors (Lipinski definition) is 3. The van der Waals surface area contributed by atoms with Crippen LogP contribution >= 0.6 is 27.5 Å². The molecular weight excluding hydrogens is 354 g/mol. The van der Waals surface area contributed by atoms with Crippen molar-refractivity contribution >= 4 is 38.5 Å². The summed E-state index contributed by atoms with van der Waals surface area (Å²) in [7, 11) is 1.61. The number of ether oxygens (including phenoxy) is 1. The fourth-order valence-corrected chi connectivity index (χ4v) is 2.95. The molecule has 0 saturated heterocycles. The van der Waals surface area contributed by atoms with E-state index in [0.717, 1.165) is 21.0 Å². The van der Waals surface area contributed by atoms with Crippen LogP contribution in [0.15, 0.2) is 51.4 Å². The van der Waals surface area contributed by atoms with Crippen molar-refractivity contribution in [3.05, 3.63) is 63.3 Å². The van der Waals surface area contributed by atoms with Crippen LogP contribution in [-0.2, 0) is 0 Å². The molecule has 0 spiro atoms. The molecule has 0 radical (unpaired) electrons. The van der Waals surface area contributed by atoms with Gasteiger partial charge in [0.25, 0.3) is 0 Å². The molecule has 3 rings (SSSR count). The van der Waals surface area contributed by atoms with Crippen molar-refractivity contribution in [2.24, 2.45) is 5.73 Å². The van der Waals surface area contributed by atoms with Crippen LogP contribution in [0.2, 0.25) is 5.02 Å². The van der Waals surface area contributed by atoms with Gasteiger partial charge in [0, 0.05) is 16.0 Å². The van der Waals surface area contributed by atoms with Gasteiger partial charge in [0.15, 0.2) is 0 Å². The lowest BCUT2D eigenvalue weighted by atomic mass is 10.0. The molecule has 1 atom stereocenters. The van der Waals surface area contributed by atoms with Gasteiger partial charge < -0.3 is 14.9 Å². The third-order valence-electron chi connectivity index (χ3n) is 3.35. The van der Waals surface area contributed by atoms with E-state index in [2.05, 4.69) is 15.9 Å². The molecule has 2 aromatic carbocycles. The van der Waals surface area contributed by atoms with Gasteiger partial charge in [-0.3, -0.25) is 0 Å². The summed E-state index contributed by atoms with van der Waals surface area (Å²) in [5.41, 5.74) is 7.90. The van der Waals surface area contributed by atoms with Gasteiger partial charge in [-0.05, 0) is 46.3 Å². The molecular formula is C16H13BrClNO2. The first-order chi connectivity index (χ1) is 10.1. The van der Waals surface area contributed by atoms with Crippen molar-refractivity contribution in [3.63, 3.8) is 0 Å². The molecule has 0 fully saturated rings. The Morgan fingerprint density at radius 2 is 2.05 bits per heavy atom. The Bertz CT molecular complexity index is 800. The molecule has 0 aliphatic carbocycles. The number of halogens is 2. The summed E-state index contributed by atoms with van der Waals surface area (Å²) in [6.07, 6.45) is 0. The lowest BCUT2D eigenvalue weighted by Crippen LogP contribution is -2.12.